The predicted molar refractivity (Wildman–Crippen MR) is 114 cm³/mol. The summed E-state index contributed by atoms with van der Waals surface area (Å²) in [5, 5.41) is 12.5. The number of anilines is 3. The van der Waals surface area contributed by atoms with Crippen LogP contribution in [0.15, 0.2) is 31.1 Å². The Morgan fingerprint density at radius 3 is 2.64 bits per heavy atom. The molecule has 3 N–H and O–H groups in total. The van der Waals surface area contributed by atoms with E-state index in [2.05, 4.69) is 41.0 Å². The molecular formula is C20H21N9O4. The van der Waals surface area contributed by atoms with Gasteiger partial charge in [0.05, 0.1) is 61.1 Å². The summed E-state index contributed by atoms with van der Waals surface area (Å²) >= 11 is 0. The standard InChI is InChI=1S/C20H21N9O4/c1-29-16(18(30)26-13-8-32-9-13)15(7-24-29)28-20(31)33-19-17(25-12-4-21-10-22-5-12)23-6-14(27-19)11-2-3-11/h4-7,10-11,13H,2-3,8-9H2,1H3,(H,23,25)(H,26,30)(H,28,31). The van der Waals surface area contributed by atoms with Crippen molar-refractivity contribution in [3.05, 3.63) is 42.5 Å². The highest BCUT2D eigenvalue weighted by molar-refractivity contribution is 6.01. The van der Waals surface area contributed by atoms with Crippen molar-refractivity contribution in [3.8, 4) is 5.88 Å². The van der Waals surface area contributed by atoms with Gasteiger partial charge in [0, 0.05) is 13.0 Å². The normalized spacial score (nSPS) is 15.4. The van der Waals surface area contributed by atoms with Gasteiger partial charge in [-0.2, -0.15) is 5.10 Å². The molecule has 0 aromatic carbocycles. The van der Waals surface area contributed by atoms with E-state index in [1.165, 1.54) is 17.2 Å². The number of aryl methyl sites for hydroxylation is 1. The maximum Gasteiger partial charge on any atom is 0.418 e. The quantitative estimate of drug-likeness (QED) is 0.479. The molecule has 0 atom stereocenters. The average molecular weight is 451 g/mol. The Kier molecular flexibility index (Phi) is 5.52. The molecule has 13 heteroatoms. The molecule has 0 spiro atoms. The largest absolute Gasteiger partial charge is 0.418 e. The third kappa shape index (κ3) is 4.72. The SMILES string of the molecule is Cn1ncc(NC(=O)Oc2nc(C3CC3)cnc2Nc2cncnc2)c1C(=O)NC1COC1. The maximum atomic E-state index is 12.7. The summed E-state index contributed by atoms with van der Waals surface area (Å²) in [6.07, 6.45) is 8.74. The van der Waals surface area contributed by atoms with Gasteiger partial charge in [-0.15, -0.1) is 0 Å². The molecule has 2 amide bonds. The van der Waals surface area contributed by atoms with Crippen LogP contribution < -0.4 is 20.7 Å². The fourth-order valence-corrected chi connectivity index (χ4v) is 3.21. The van der Waals surface area contributed by atoms with E-state index < -0.39 is 6.09 Å². The summed E-state index contributed by atoms with van der Waals surface area (Å²) in [6, 6.07) is -0.0664. The number of nitrogens with one attached hydrogen (secondary N) is 3. The molecule has 3 aromatic rings. The lowest BCUT2D eigenvalue weighted by Crippen LogP contribution is -2.49. The highest BCUT2D eigenvalue weighted by atomic mass is 16.6. The molecule has 1 aliphatic carbocycles. The van der Waals surface area contributed by atoms with Crippen molar-refractivity contribution in [1.29, 1.82) is 0 Å². The van der Waals surface area contributed by atoms with Gasteiger partial charge in [-0.25, -0.2) is 24.7 Å². The van der Waals surface area contributed by atoms with E-state index in [0.29, 0.717) is 24.8 Å². The number of ether oxygens (including phenoxy) is 2. The second-order valence-corrected chi connectivity index (χ2v) is 7.73. The lowest BCUT2D eigenvalue weighted by Gasteiger charge is -2.26. The minimum absolute atomic E-state index is 0.00209. The van der Waals surface area contributed by atoms with Gasteiger partial charge in [0.1, 0.15) is 12.0 Å². The van der Waals surface area contributed by atoms with Crippen molar-refractivity contribution in [2.75, 3.05) is 23.8 Å². The van der Waals surface area contributed by atoms with E-state index >= 15 is 0 Å². The van der Waals surface area contributed by atoms with Crippen molar-refractivity contribution in [3.63, 3.8) is 0 Å². The number of hydrogen-bond acceptors (Lipinski definition) is 10. The van der Waals surface area contributed by atoms with Gasteiger partial charge < -0.3 is 20.1 Å². The third-order valence-corrected chi connectivity index (χ3v) is 5.13. The van der Waals surface area contributed by atoms with Crippen LogP contribution in [0.1, 0.15) is 34.9 Å². The molecule has 0 unspecified atom stereocenters. The van der Waals surface area contributed by atoms with Crippen LogP contribution in [0.4, 0.5) is 22.0 Å². The minimum atomic E-state index is -0.835. The van der Waals surface area contributed by atoms with Gasteiger partial charge in [0.15, 0.2) is 5.82 Å². The van der Waals surface area contributed by atoms with Crippen LogP contribution >= 0.6 is 0 Å². The number of nitrogens with zero attached hydrogens (tertiary/aromatic N) is 6. The number of carbonyl (C=O) groups excluding carboxylic acids is 2. The smallest absolute Gasteiger partial charge is 0.387 e. The Balaban J connectivity index is 1.33. The second-order valence-electron chi connectivity index (χ2n) is 7.73. The minimum Gasteiger partial charge on any atom is -0.387 e. The lowest BCUT2D eigenvalue weighted by atomic mass is 10.2. The fraction of sp³-hybridized carbons (Fsp3) is 0.350. The average Bonchev–Trinajstić information content (AvgIpc) is 3.56. The van der Waals surface area contributed by atoms with Crippen molar-refractivity contribution >= 4 is 29.2 Å². The number of hydrogen-bond donors (Lipinski definition) is 3. The second kappa shape index (κ2) is 8.78. The first-order valence-electron chi connectivity index (χ1n) is 10.3. The highest BCUT2D eigenvalue weighted by Gasteiger charge is 2.28. The van der Waals surface area contributed by atoms with Crippen LogP contribution in [0.25, 0.3) is 0 Å². The molecule has 2 aliphatic rings. The molecule has 3 aromatic heterocycles. The van der Waals surface area contributed by atoms with Gasteiger partial charge in [0.2, 0.25) is 0 Å². The van der Waals surface area contributed by atoms with E-state index in [9.17, 15) is 9.59 Å². The molecule has 33 heavy (non-hydrogen) atoms. The first kappa shape index (κ1) is 20.8. The highest BCUT2D eigenvalue weighted by Crippen LogP contribution is 2.40. The van der Waals surface area contributed by atoms with Crippen molar-refractivity contribution in [2.24, 2.45) is 7.05 Å². The van der Waals surface area contributed by atoms with Crippen molar-refractivity contribution in [2.45, 2.75) is 24.8 Å². The monoisotopic (exact) mass is 451 g/mol. The zero-order chi connectivity index (χ0) is 22.8. The summed E-state index contributed by atoms with van der Waals surface area (Å²) in [4.78, 5) is 42.1. The van der Waals surface area contributed by atoms with E-state index in [1.54, 1.807) is 25.6 Å². The van der Waals surface area contributed by atoms with Crippen molar-refractivity contribution in [1.82, 2.24) is 35.0 Å². The predicted octanol–water partition coefficient (Wildman–Crippen LogP) is 1.36. The summed E-state index contributed by atoms with van der Waals surface area (Å²) in [6.45, 7) is 0.902. The van der Waals surface area contributed by atoms with Crippen LogP contribution in [0.5, 0.6) is 5.88 Å². The maximum absolute atomic E-state index is 12.7. The topological polar surface area (TPSA) is 158 Å². The van der Waals surface area contributed by atoms with Crippen LogP contribution in [0.3, 0.4) is 0 Å². The van der Waals surface area contributed by atoms with Crippen LogP contribution in [-0.2, 0) is 11.8 Å². The molecule has 1 saturated heterocycles. The Morgan fingerprint density at radius 2 is 1.94 bits per heavy atom. The first-order chi connectivity index (χ1) is 16.1. The van der Waals surface area contributed by atoms with E-state index in [0.717, 1.165) is 18.5 Å². The summed E-state index contributed by atoms with van der Waals surface area (Å²) < 4.78 is 11.9. The van der Waals surface area contributed by atoms with Gasteiger partial charge in [-0.1, -0.05) is 0 Å². The summed E-state index contributed by atoms with van der Waals surface area (Å²) in [7, 11) is 1.61. The van der Waals surface area contributed by atoms with Gasteiger partial charge in [0.25, 0.3) is 11.8 Å². The van der Waals surface area contributed by atoms with Crippen LogP contribution in [0, 0.1) is 0 Å². The van der Waals surface area contributed by atoms with E-state index in [-0.39, 0.29) is 35.0 Å². The molecular weight excluding hydrogens is 430 g/mol. The molecule has 2 fully saturated rings. The van der Waals surface area contributed by atoms with Gasteiger partial charge in [-0.3, -0.25) is 14.8 Å². The number of rotatable bonds is 7. The number of carbonyl (C=O) groups is 2. The Morgan fingerprint density at radius 1 is 1.15 bits per heavy atom. The summed E-state index contributed by atoms with van der Waals surface area (Å²) in [5.41, 5.74) is 1.70. The van der Waals surface area contributed by atoms with E-state index in [4.69, 9.17) is 9.47 Å². The van der Waals surface area contributed by atoms with Gasteiger partial charge >= 0.3 is 6.09 Å². The van der Waals surface area contributed by atoms with Gasteiger partial charge in [-0.05, 0) is 12.8 Å². The molecule has 170 valence electrons. The molecule has 0 bridgehead atoms. The zero-order valence-electron chi connectivity index (χ0n) is 17.7. The third-order valence-electron chi connectivity index (χ3n) is 5.13. The Bertz CT molecular complexity index is 1180. The first-order valence-corrected chi connectivity index (χ1v) is 10.3. The number of aromatic nitrogens is 6. The molecule has 5 rings (SSSR count). The molecule has 0 radical (unpaired) electrons. The molecule has 13 nitrogen and oxygen atoms in total. The lowest BCUT2D eigenvalue weighted by molar-refractivity contribution is -0.00360. The van der Waals surface area contributed by atoms with E-state index in [1.807, 2.05) is 0 Å². The molecule has 1 saturated carbocycles. The van der Waals surface area contributed by atoms with Crippen molar-refractivity contribution < 1.29 is 19.1 Å². The number of amides is 2. The fourth-order valence-electron chi connectivity index (χ4n) is 3.21. The van der Waals surface area contributed by atoms with Crippen LogP contribution in [0.2, 0.25) is 0 Å². The Labute approximate surface area is 188 Å². The van der Waals surface area contributed by atoms with Crippen LogP contribution in [-0.4, -0.2) is 61.0 Å². The Hall–Kier alpha value is -4.13. The summed E-state index contributed by atoms with van der Waals surface area (Å²) in [5.74, 6) is 0.169. The molecule has 1 aliphatic heterocycles. The zero-order valence-corrected chi connectivity index (χ0v) is 17.7. The molecule has 4 heterocycles.